The molecule has 5 heteroatoms. The average Bonchev–Trinajstić information content (AvgIpc) is 2.79. The van der Waals surface area contributed by atoms with Crippen LogP contribution in [0, 0.1) is 13.8 Å². The Kier molecular flexibility index (Phi) is 8.21. The number of carbonyl (C=O) groups excluding carboxylic acids is 1. The number of pyridine rings is 1. The van der Waals surface area contributed by atoms with Crippen molar-refractivity contribution in [3.63, 3.8) is 0 Å². The molecule has 1 unspecified atom stereocenters. The molecule has 3 rings (SSSR count). The highest BCUT2D eigenvalue weighted by atomic mass is 35.5. The Labute approximate surface area is 189 Å². The van der Waals surface area contributed by atoms with E-state index < -0.39 is 0 Å². The number of ether oxygens (including phenoxy) is 1. The quantitative estimate of drug-likeness (QED) is 0.324. The lowest BCUT2D eigenvalue weighted by atomic mass is 9.83. The molecular formula is C26H29ClN2O2. The molecule has 2 atom stereocenters. The van der Waals surface area contributed by atoms with Crippen molar-refractivity contribution >= 4 is 23.1 Å². The van der Waals surface area contributed by atoms with Crippen LogP contribution in [0.5, 0.6) is 0 Å². The van der Waals surface area contributed by atoms with Gasteiger partial charge in [0.2, 0.25) is 0 Å². The van der Waals surface area contributed by atoms with Gasteiger partial charge in [0.15, 0.2) is 5.78 Å². The Balaban J connectivity index is 1.85. The van der Waals surface area contributed by atoms with Gasteiger partial charge in [0.05, 0.1) is 12.0 Å². The maximum Gasteiger partial charge on any atom is 0.163 e. The Bertz CT molecular complexity index is 1000. The lowest BCUT2D eigenvalue weighted by molar-refractivity contribution is 0.0977. The smallest absolute Gasteiger partial charge is 0.163 e. The van der Waals surface area contributed by atoms with Crippen LogP contribution in [-0.4, -0.2) is 36.4 Å². The van der Waals surface area contributed by atoms with Crippen molar-refractivity contribution in [1.82, 2.24) is 4.98 Å². The van der Waals surface area contributed by atoms with Crippen LogP contribution >= 0.6 is 11.6 Å². The number of anilines is 1. The van der Waals surface area contributed by atoms with Crippen LogP contribution in [-0.2, 0) is 4.74 Å². The van der Waals surface area contributed by atoms with Gasteiger partial charge < -0.3 is 10.1 Å². The molecule has 1 aromatic heterocycles. The summed E-state index contributed by atoms with van der Waals surface area (Å²) in [6, 6.07) is 20.2. The molecule has 0 saturated heterocycles. The van der Waals surface area contributed by atoms with E-state index in [-0.39, 0.29) is 17.8 Å². The van der Waals surface area contributed by atoms with Gasteiger partial charge in [0.25, 0.3) is 0 Å². The van der Waals surface area contributed by atoms with Crippen LogP contribution in [0.2, 0.25) is 0 Å². The molecule has 0 fully saturated rings. The molecule has 31 heavy (non-hydrogen) atoms. The SMILES string of the molecule is COC(CCl)CNc1ccc([C@@H](CC(=O)c2ccnc(C)c2)c2ccccc2C)cc1. The predicted molar refractivity (Wildman–Crippen MR) is 127 cm³/mol. The Morgan fingerprint density at radius 2 is 1.84 bits per heavy atom. The third-order valence-electron chi connectivity index (χ3n) is 5.52. The van der Waals surface area contributed by atoms with Gasteiger partial charge in [-0.05, 0) is 54.8 Å². The number of aryl methyl sites for hydroxylation is 2. The molecule has 0 aliphatic carbocycles. The van der Waals surface area contributed by atoms with Crippen LogP contribution in [0.25, 0.3) is 0 Å². The second kappa shape index (κ2) is 11.1. The molecule has 0 radical (unpaired) electrons. The molecule has 2 aromatic carbocycles. The molecule has 0 aliphatic rings. The predicted octanol–water partition coefficient (Wildman–Crippen LogP) is 5.77. The molecule has 0 saturated carbocycles. The minimum absolute atomic E-state index is 0.0224. The molecule has 0 aliphatic heterocycles. The van der Waals surface area contributed by atoms with Crippen molar-refractivity contribution < 1.29 is 9.53 Å². The zero-order valence-electron chi connectivity index (χ0n) is 18.3. The molecular weight excluding hydrogens is 408 g/mol. The summed E-state index contributed by atoms with van der Waals surface area (Å²) in [5.74, 6) is 0.532. The standard InChI is InChI=1S/C26H29ClN2O2/c1-18-6-4-5-7-24(18)25(15-26(30)21-12-13-28-19(2)14-21)20-8-10-22(11-9-20)29-17-23(16-27)31-3/h4-14,23,25,29H,15-17H2,1-3H3/t23?,25-/m1/s1. The van der Waals surface area contributed by atoms with Crippen molar-refractivity contribution in [2.45, 2.75) is 32.3 Å². The number of alkyl halides is 1. The summed E-state index contributed by atoms with van der Waals surface area (Å²) in [6.45, 7) is 4.64. The van der Waals surface area contributed by atoms with Crippen LogP contribution in [0.4, 0.5) is 5.69 Å². The van der Waals surface area contributed by atoms with E-state index in [4.69, 9.17) is 16.3 Å². The lowest BCUT2D eigenvalue weighted by Gasteiger charge is -2.20. The highest BCUT2D eigenvalue weighted by molar-refractivity contribution is 6.18. The molecule has 162 valence electrons. The van der Waals surface area contributed by atoms with Gasteiger partial charge in [-0.3, -0.25) is 9.78 Å². The number of nitrogens with one attached hydrogen (secondary N) is 1. The number of aromatic nitrogens is 1. The molecule has 4 nitrogen and oxygen atoms in total. The maximum absolute atomic E-state index is 13.1. The molecule has 1 N–H and O–H groups in total. The second-order valence-electron chi connectivity index (χ2n) is 7.74. The van der Waals surface area contributed by atoms with E-state index in [0.29, 0.717) is 24.4 Å². The number of benzene rings is 2. The molecule has 1 heterocycles. The van der Waals surface area contributed by atoms with E-state index in [1.165, 1.54) is 11.1 Å². The lowest BCUT2D eigenvalue weighted by Crippen LogP contribution is -2.23. The topological polar surface area (TPSA) is 51.2 Å². The van der Waals surface area contributed by atoms with Gasteiger partial charge in [0.1, 0.15) is 0 Å². The summed E-state index contributed by atoms with van der Waals surface area (Å²) in [7, 11) is 1.66. The molecule has 3 aromatic rings. The van der Waals surface area contributed by atoms with E-state index in [9.17, 15) is 4.79 Å². The van der Waals surface area contributed by atoms with Gasteiger partial charge in [-0.25, -0.2) is 0 Å². The average molecular weight is 437 g/mol. The van der Waals surface area contributed by atoms with Crippen LogP contribution < -0.4 is 5.32 Å². The van der Waals surface area contributed by atoms with E-state index in [0.717, 1.165) is 16.9 Å². The van der Waals surface area contributed by atoms with Crippen LogP contribution in [0.15, 0.2) is 66.9 Å². The first-order chi connectivity index (χ1) is 15.0. The van der Waals surface area contributed by atoms with E-state index >= 15 is 0 Å². The summed E-state index contributed by atoms with van der Waals surface area (Å²) >= 11 is 5.89. The van der Waals surface area contributed by atoms with Crippen molar-refractivity contribution in [2.75, 3.05) is 24.9 Å². The summed E-state index contributed by atoms with van der Waals surface area (Å²) < 4.78 is 5.31. The van der Waals surface area contributed by atoms with Gasteiger partial charge >= 0.3 is 0 Å². The number of Topliss-reactive ketones (excluding diaryl/α,β-unsaturated/α-hetero) is 1. The number of carbonyl (C=O) groups is 1. The van der Waals surface area contributed by atoms with Crippen LogP contribution in [0.3, 0.4) is 0 Å². The number of methoxy groups -OCH3 is 1. The van der Waals surface area contributed by atoms with E-state index in [1.54, 1.807) is 19.4 Å². The fourth-order valence-electron chi connectivity index (χ4n) is 3.67. The monoisotopic (exact) mass is 436 g/mol. The number of hydrogen-bond acceptors (Lipinski definition) is 4. The summed E-state index contributed by atoms with van der Waals surface area (Å²) in [4.78, 5) is 17.3. The minimum atomic E-state index is -0.0394. The minimum Gasteiger partial charge on any atom is -0.382 e. The highest BCUT2D eigenvalue weighted by Gasteiger charge is 2.21. The zero-order chi connectivity index (χ0) is 22.2. The number of ketones is 1. The highest BCUT2D eigenvalue weighted by Crippen LogP contribution is 2.32. The van der Waals surface area contributed by atoms with Crippen molar-refractivity contribution in [2.24, 2.45) is 0 Å². The van der Waals surface area contributed by atoms with Gasteiger partial charge in [0, 0.05) is 49.1 Å². The number of rotatable bonds is 10. The fourth-order valence-corrected chi connectivity index (χ4v) is 3.91. The Morgan fingerprint density at radius 3 is 2.48 bits per heavy atom. The second-order valence-corrected chi connectivity index (χ2v) is 8.05. The van der Waals surface area contributed by atoms with Crippen molar-refractivity contribution in [3.05, 3.63) is 94.8 Å². The Hall–Kier alpha value is -2.69. The normalized spacial score (nSPS) is 12.9. The first-order valence-corrected chi connectivity index (χ1v) is 11.0. The fraction of sp³-hybridized carbons (Fsp3) is 0.308. The third-order valence-corrected chi connectivity index (χ3v) is 5.87. The summed E-state index contributed by atoms with van der Waals surface area (Å²) in [5.41, 5.74) is 6.01. The van der Waals surface area contributed by atoms with Crippen LogP contribution in [0.1, 0.15) is 45.1 Å². The van der Waals surface area contributed by atoms with Gasteiger partial charge in [-0.2, -0.15) is 0 Å². The molecule has 0 bridgehead atoms. The Morgan fingerprint density at radius 1 is 1.10 bits per heavy atom. The van der Waals surface area contributed by atoms with Gasteiger partial charge in [-0.1, -0.05) is 36.4 Å². The zero-order valence-corrected chi connectivity index (χ0v) is 19.0. The van der Waals surface area contributed by atoms with E-state index in [2.05, 4.69) is 41.5 Å². The summed E-state index contributed by atoms with van der Waals surface area (Å²) in [5, 5.41) is 3.35. The molecule has 0 amide bonds. The number of hydrogen-bond donors (Lipinski definition) is 1. The number of nitrogens with zero attached hydrogens (tertiary/aromatic N) is 1. The molecule has 0 spiro atoms. The van der Waals surface area contributed by atoms with Crippen molar-refractivity contribution in [3.8, 4) is 0 Å². The first kappa shape index (κ1) is 23.0. The third kappa shape index (κ3) is 6.16. The maximum atomic E-state index is 13.1. The van der Waals surface area contributed by atoms with Crippen molar-refractivity contribution in [1.29, 1.82) is 0 Å². The summed E-state index contributed by atoms with van der Waals surface area (Å²) in [6.07, 6.45) is 2.06. The van der Waals surface area contributed by atoms with E-state index in [1.807, 2.05) is 37.3 Å². The first-order valence-electron chi connectivity index (χ1n) is 10.5. The largest absolute Gasteiger partial charge is 0.382 e. The number of halogens is 1. The van der Waals surface area contributed by atoms with Gasteiger partial charge in [-0.15, -0.1) is 11.6 Å².